The van der Waals surface area contributed by atoms with Gasteiger partial charge in [-0.1, -0.05) is 0 Å². The lowest BCUT2D eigenvalue weighted by molar-refractivity contribution is 0.444. The van der Waals surface area contributed by atoms with Gasteiger partial charge in [-0.15, -0.1) is 11.3 Å². The van der Waals surface area contributed by atoms with E-state index in [1.54, 1.807) is 31.5 Å². The van der Waals surface area contributed by atoms with Crippen molar-refractivity contribution < 1.29 is 10.2 Å². The van der Waals surface area contributed by atoms with E-state index in [0.717, 1.165) is 16.1 Å². The van der Waals surface area contributed by atoms with Crippen LogP contribution in [0.3, 0.4) is 0 Å². The van der Waals surface area contributed by atoms with E-state index in [1.807, 2.05) is 29.1 Å². The van der Waals surface area contributed by atoms with Crippen molar-refractivity contribution in [3.63, 3.8) is 0 Å². The molecule has 0 aliphatic heterocycles. The average molecular weight is 327 g/mol. The number of hydrogen-bond acceptors (Lipinski definition) is 5. The second kappa shape index (κ2) is 6.26. The van der Waals surface area contributed by atoms with Gasteiger partial charge in [-0.05, 0) is 36.8 Å². The molecule has 3 aromatic rings. The first-order valence-electron chi connectivity index (χ1n) is 7.13. The van der Waals surface area contributed by atoms with Gasteiger partial charge >= 0.3 is 0 Å². The third-order valence-corrected chi connectivity index (χ3v) is 4.70. The maximum absolute atomic E-state index is 10.3. The summed E-state index contributed by atoms with van der Waals surface area (Å²) >= 11 is 1.52. The summed E-state index contributed by atoms with van der Waals surface area (Å²) in [5, 5.41) is 21.9. The van der Waals surface area contributed by atoms with Gasteiger partial charge in [-0.2, -0.15) is 0 Å². The molecule has 0 unspecified atom stereocenters. The summed E-state index contributed by atoms with van der Waals surface area (Å²) in [6, 6.07) is 7.18. The maximum atomic E-state index is 10.3. The molecule has 0 saturated carbocycles. The number of nitrogens with zero attached hydrogens (tertiary/aromatic N) is 3. The molecule has 3 rings (SSSR count). The molecule has 118 valence electrons. The normalized spacial score (nSPS) is 11.8. The van der Waals surface area contributed by atoms with Gasteiger partial charge < -0.3 is 14.8 Å². The van der Waals surface area contributed by atoms with Crippen LogP contribution in [0.2, 0.25) is 0 Å². The first-order valence-corrected chi connectivity index (χ1v) is 8.01. The lowest BCUT2D eigenvalue weighted by atomic mass is 10.1. The summed E-state index contributed by atoms with van der Waals surface area (Å²) in [5.74, 6) is 0.186. The Hall–Kier alpha value is -2.60. The van der Waals surface area contributed by atoms with Crippen LogP contribution in [-0.4, -0.2) is 19.8 Å². The van der Waals surface area contributed by atoms with Crippen molar-refractivity contribution in [2.45, 2.75) is 13.5 Å². The van der Waals surface area contributed by atoms with Gasteiger partial charge in [0.1, 0.15) is 11.5 Å². The number of phenolic OH excluding ortho intramolecular Hbond substituents is 2. The molecule has 0 atom stereocenters. The van der Waals surface area contributed by atoms with Gasteiger partial charge in [0.2, 0.25) is 0 Å². The Kier molecular flexibility index (Phi) is 4.16. The van der Waals surface area contributed by atoms with Crippen molar-refractivity contribution in [2.75, 3.05) is 0 Å². The van der Waals surface area contributed by atoms with Crippen LogP contribution in [-0.2, 0) is 13.6 Å². The van der Waals surface area contributed by atoms with E-state index in [0.29, 0.717) is 17.7 Å². The van der Waals surface area contributed by atoms with E-state index in [2.05, 4.69) is 9.98 Å². The minimum Gasteiger partial charge on any atom is -0.508 e. The molecule has 0 saturated heterocycles. The Balaban J connectivity index is 1.98. The number of thiazole rings is 1. The summed E-state index contributed by atoms with van der Waals surface area (Å²) < 4.78 is 1.94. The summed E-state index contributed by atoms with van der Waals surface area (Å²) in [4.78, 5) is 9.47. The largest absolute Gasteiger partial charge is 0.508 e. The SMILES string of the molecule is Cc1c(O)ccc(-c2csc(=NCc3ccncc3)n2C)c1O. The van der Waals surface area contributed by atoms with E-state index in [4.69, 9.17) is 0 Å². The van der Waals surface area contributed by atoms with E-state index in [-0.39, 0.29) is 11.5 Å². The predicted molar refractivity (Wildman–Crippen MR) is 90.3 cm³/mol. The molecule has 0 fully saturated rings. The number of hydrogen-bond donors (Lipinski definition) is 2. The van der Waals surface area contributed by atoms with Gasteiger partial charge in [0, 0.05) is 35.9 Å². The van der Waals surface area contributed by atoms with Crippen molar-refractivity contribution >= 4 is 11.3 Å². The minimum absolute atomic E-state index is 0.0896. The number of aromatic hydroxyl groups is 2. The highest BCUT2D eigenvalue weighted by Gasteiger charge is 2.13. The Morgan fingerprint density at radius 1 is 1.17 bits per heavy atom. The summed E-state index contributed by atoms with van der Waals surface area (Å²) in [6.45, 7) is 2.27. The first kappa shape index (κ1) is 15.3. The summed E-state index contributed by atoms with van der Waals surface area (Å²) in [7, 11) is 1.92. The quantitative estimate of drug-likeness (QED) is 0.777. The molecular weight excluding hydrogens is 310 g/mol. The van der Waals surface area contributed by atoms with Crippen LogP contribution in [0.5, 0.6) is 11.5 Å². The molecule has 5 nitrogen and oxygen atoms in total. The van der Waals surface area contributed by atoms with Crippen molar-refractivity contribution in [2.24, 2.45) is 12.0 Å². The fourth-order valence-electron chi connectivity index (χ4n) is 2.30. The number of aromatic nitrogens is 2. The van der Waals surface area contributed by atoms with Crippen LogP contribution in [0.4, 0.5) is 0 Å². The third kappa shape index (κ3) is 2.98. The first-order chi connectivity index (χ1) is 11.1. The van der Waals surface area contributed by atoms with Crippen LogP contribution in [0, 0.1) is 6.92 Å². The topological polar surface area (TPSA) is 70.6 Å². The number of phenols is 2. The fraction of sp³-hybridized carbons (Fsp3) is 0.176. The Morgan fingerprint density at radius 3 is 2.65 bits per heavy atom. The van der Waals surface area contributed by atoms with Crippen LogP contribution in [0.1, 0.15) is 11.1 Å². The monoisotopic (exact) mass is 327 g/mol. The van der Waals surface area contributed by atoms with Crippen LogP contribution in [0.15, 0.2) is 47.0 Å². The van der Waals surface area contributed by atoms with Gasteiger partial charge in [0.15, 0.2) is 4.80 Å². The van der Waals surface area contributed by atoms with E-state index >= 15 is 0 Å². The Morgan fingerprint density at radius 2 is 1.91 bits per heavy atom. The van der Waals surface area contributed by atoms with Crippen LogP contribution >= 0.6 is 11.3 Å². The Bertz CT molecular complexity index is 898. The molecule has 0 radical (unpaired) electrons. The van der Waals surface area contributed by atoms with Gasteiger partial charge in [-0.3, -0.25) is 9.98 Å². The van der Waals surface area contributed by atoms with E-state index < -0.39 is 0 Å². The molecule has 0 aliphatic rings. The van der Waals surface area contributed by atoms with Crippen molar-refractivity contribution in [3.05, 3.63) is 58.0 Å². The average Bonchev–Trinajstić information content (AvgIpc) is 2.93. The third-order valence-electron chi connectivity index (χ3n) is 3.75. The minimum atomic E-state index is 0.0896. The van der Waals surface area contributed by atoms with Gasteiger partial charge in [-0.25, -0.2) is 0 Å². The van der Waals surface area contributed by atoms with E-state index in [1.165, 1.54) is 11.3 Å². The zero-order valence-electron chi connectivity index (χ0n) is 12.9. The molecule has 2 N–H and O–H groups in total. The van der Waals surface area contributed by atoms with Gasteiger partial charge in [0.25, 0.3) is 0 Å². The standard InChI is InChI=1S/C17H17N3O2S/c1-11-15(21)4-3-13(16(11)22)14-10-23-17(20(14)2)19-9-12-5-7-18-8-6-12/h3-8,10,21-22H,9H2,1-2H3. The highest BCUT2D eigenvalue weighted by molar-refractivity contribution is 7.07. The van der Waals surface area contributed by atoms with Crippen molar-refractivity contribution in [3.8, 4) is 22.8 Å². The molecule has 2 aromatic heterocycles. The molecule has 0 amide bonds. The zero-order chi connectivity index (χ0) is 16.4. The molecule has 0 aliphatic carbocycles. The lowest BCUT2D eigenvalue weighted by Gasteiger charge is -2.09. The van der Waals surface area contributed by atoms with Crippen molar-refractivity contribution in [1.82, 2.24) is 9.55 Å². The summed E-state index contributed by atoms with van der Waals surface area (Å²) in [5.41, 5.74) is 3.12. The van der Waals surface area contributed by atoms with Crippen LogP contribution < -0.4 is 4.80 Å². The smallest absolute Gasteiger partial charge is 0.185 e. The maximum Gasteiger partial charge on any atom is 0.185 e. The number of pyridine rings is 1. The number of rotatable bonds is 3. The van der Waals surface area contributed by atoms with E-state index in [9.17, 15) is 10.2 Å². The lowest BCUT2D eigenvalue weighted by Crippen LogP contribution is -2.12. The predicted octanol–water partition coefficient (Wildman–Crippen LogP) is 2.97. The summed E-state index contributed by atoms with van der Waals surface area (Å²) in [6.07, 6.45) is 3.50. The molecule has 1 aromatic carbocycles. The van der Waals surface area contributed by atoms with Gasteiger partial charge in [0.05, 0.1) is 12.2 Å². The second-order valence-corrected chi connectivity index (χ2v) is 6.08. The van der Waals surface area contributed by atoms with Crippen molar-refractivity contribution in [1.29, 1.82) is 0 Å². The molecule has 0 bridgehead atoms. The molecule has 2 heterocycles. The molecule has 23 heavy (non-hydrogen) atoms. The highest BCUT2D eigenvalue weighted by atomic mass is 32.1. The molecule has 6 heteroatoms. The highest BCUT2D eigenvalue weighted by Crippen LogP contribution is 2.36. The molecular formula is C17H17N3O2S. The fourth-order valence-corrected chi connectivity index (χ4v) is 3.20. The zero-order valence-corrected chi connectivity index (χ0v) is 13.7. The molecule has 0 spiro atoms. The second-order valence-electron chi connectivity index (χ2n) is 5.24. The number of benzene rings is 1. The Labute approximate surface area is 137 Å². The van der Waals surface area contributed by atoms with Crippen LogP contribution in [0.25, 0.3) is 11.3 Å².